The number of benzene rings is 1. The number of nitrogens with zero attached hydrogens (tertiary/aromatic N) is 1. The van der Waals surface area contributed by atoms with Gasteiger partial charge in [0, 0.05) is 37.0 Å². The number of nitrogens with one attached hydrogen (secondary N) is 2. The third-order valence-electron chi connectivity index (χ3n) is 4.93. The Bertz CT molecular complexity index is 649. The van der Waals surface area contributed by atoms with Crippen LogP contribution in [0.2, 0.25) is 0 Å². The third-order valence-corrected chi connectivity index (χ3v) is 5.16. The van der Waals surface area contributed by atoms with Crippen LogP contribution in [-0.2, 0) is 4.79 Å². The molecular formula is C21H32ClN3O3. The van der Waals surface area contributed by atoms with Crippen LogP contribution < -0.4 is 15.5 Å². The molecule has 0 bridgehead atoms. The Kier molecular flexibility index (Phi) is 10.0. The van der Waals surface area contributed by atoms with Crippen LogP contribution in [0.5, 0.6) is 0 Å². The molecule has 1 aromatic rings. The molecule has 0 aliphatic carbocycles. The number of anilines is 1. The van der Waals surface area contributed by atoms with Gasteiger partial charge < -0.3 is 15.5 Å². The van der Waals surface area contributed by atoms with E-state index in [0.717, 1.165) is 12.8 Å². The van der Waals surface area contributed by atoms with Crippen molar-refractivity contribution in [3.05, 3.63) is 29.3 Å². The molecule has 0 radical (unpaired) electrons. The smallest absolute Gasteiger partial charge is 0.251 e. The standard InChI is InChI=1S/C21H32ClN3O3/c1-6-14(3)12-23-20(27)16-8-17(21(28)24-13-15(4)7-2)10-18(9-16)25(5)19(26)11-22/h8-10,14-15H,6-7,11-13H2,1-5H3,(H,23,27)(H,24,28). The number of halogens is 1. The van der Waals surface area contributed by atoms with Gasteiger partial charge in [-0.3, -0.25) is 14.4 Å². The van der Waals surface area contributed by atoms with Crippen LogP contribution >= 0.6 is 11.6 Å². The molecule has 3 amide bonds. The summed E-state index contributed by atoms with van der Waals surface area (Å²) in [7, 11) is 1.57. The summed E-state index contributed by atoms with van der Waals surface area (Å²) in [4.78, 5) is 38.5. The molecule has 2 unspecified atom stereocenters. The highest BCUT2D eigenvalue weighted by Gasteiger charge is 2.18. The lowest BCUT2D eigenvalue weighted by atomic mass is 10.1. The lowest BCUT2D eigenvalue weighted by Crippen LogP contribution is -2.32. The van der Waals surface area contributed by atoms with Gasteiger partial charge in [0.05, 0.1) is 0 Å². The molecule has 6 nitrogen and oxygen atoms in total. The number of hydrogen-bond donors (Lipinski definition) is 2. The molecule has 0 spiro atoms. The maximum absolute atomic E-state index is 12.6. The van der Waals surface area contributed by atoms with Crippen molar-refractivity contribution in [2.45, 2.75) is 40.5 Å². The monoisotopic (exact) mass is 409 g/mol. The van der Waals surface area contributed by atoms with Crippen LogP contribution in [0.1, 0.15) is 61.3 Å². The highest BCUT2D eigenvalue weighted by Crippen LogP contribution is 2.20. The summed E-state index contributed by atoms with van der Waals surface area (Å²) in [6, 6.07) is 4.75. The van der Waals surface area contributed by atoms with Crippen molar-refractivity contribution >= 4 is 35.0 Å². The highest BCUT2D eigenvalue weighted by atomic mass is 35.5. The fraction of sp³-hybridized carbons (Fsp3) is 0.571. The van der Waals surface area contributed by atoms with E-state index in [4.69, 9.17) is 11.6 Å². The van der Waals surface area contributed by atoms with Crippen molar-refractivity contribution in [3.8, 4) is 0 Å². The molecule has 0 heterocycles. The zero-order chi connectivity index (χ0) is 21.3. The first-order valence-electron chi connectivity index (χ1n) is 9.77. The second-order valence-corrected chi connectivity index (χ2v) is 7.57. The van der Waals surface area contributed by atoms with Crippen LogP contribution in [-0.4, -0.2) is 43.7 Å². The number of rotatable bonds is 10. The van der Waals surface area contributed by atoms with Gasteiger partial charge in [-0.25, -0.2) is 0 Å². The van der Waals surface area contributed by atoms with Gasteiger partial charge in [0.1, 0.15) is 5.88 Å². The Morgan fingerprint density at radius 3 is 1.71 bits per heavy atom. The first kappa shape index (κ1) is 24.0. The molecule has 7 heteroatoms. The van der Waals surface area contributed by atoms with Gasteiger partial charge in [0.15, 0.2) is 0 Å². The van der Waals surface area contributed by atoms with Crippen molar-refractivity contribution < 1.29 is 14.4 Å². The molecule has 0 aliphatic heterocycles. The Morgan fingerprint density at radius 1 is 0.929 bits per heavy atom. The number of amides is 3. The second kappa shape index (κ2) is 11.7. The lowest BCUT2D eigenvalue weighted by Gasteiger charge is -2.19. The number of carbonyl (C=O) groups is 3. The van der Waals surface area contributed by atoms with E-state index in [1.165, 1.54) is 4.90 Å². The van der Waals surface area contributed by atoms with Crippen molar-refractivity contribution in [1.82, 2.24) is 10.6 Å². The molecule has 156 valence electrons. The topological polar surface area (TPSA) is 78.5 Å². The molecule has 2 N–H and O–H groups in total. The maximum atomic E-state index is 12.6. The zero-order valence-electron chi connectivity index (χ0n) is 17.5. The molecule has 0 saturated heterocycles. The predicted molar refractivity (Wildman–Crippen MR) is 114 cm³/mol. The number of carbonyl (C=O) groups excluding carboxylic acids is 3. The first-order valence-corrected chi connectivity index (χ1v) is 10.3. The predicted octanol–water partition coefficient (Wildman–Crippen LogP) is 3.44. The van der Waals surface area contributed by atoms with Gasteiger partial charge in [-0.15, -0.1) is 11.6 Å². The fourth-order valence-corrected chi connectivity index (χ4v) is 2.51. The van der Waals surface area contributed by atoms with Crippen molar-refractivity contribution in [2.24, 2.45) is 11.8 Å². The molecule has 0 saturated carbocycles. The quantitative estimate of drug-likeness (QED) is 0.581. The zero-order valence-corrected chi connectivity index (χ0v) is 18.2. The first-order chi connectivity index (χ1) is 13.2. The van der Waals surface area contributed by atoms with Crippen LogP contribution in [0.25, 0.3) is 0 Å². The fourth-order valence-electron chi connectivity index (χ4n) is 2.33. The largest absolute Gasteiger partial charge is 0.352 e. The Hall–Kier alpha value is -2.08. The Balaban J connectivity index is 3.15. The van der Waals surface area contributed by atoms with E-state index in [1.807, 2.05) is 0 Å². The minimum atomic E-state index is -0.315. The molecule has 0 fully saturated rings. The molecule has 2 atom stereocenters. The second-order valence-electron chi connectivity index (χ2n) is 7.30. The summed E-state index contributed by atoms with van der Waals surface area (Å²) in [5.74, 6) is -0.340. The number of alkyl halides is 1. The van der Waals surface area contributed by atoms with E-state index in [9.17, 15) is 14.4 Å². The summed E-state index contributed by atoms with van der Waals surface area (Å²) < 4.78 is 0. The molecule has 28 heavy (non-hydrogen) atoms. The summed E-state index contributed by atoms with van der Waals surface area (Å²) in [6.07, 6.45) is 1.91. The van der Waals surface area contributed by atoms with Gasteiger partial charge in [-0.1, -0.05) is 40.5 Å². The van der Waals surface area contributed by atoms with E-state index in [0.29, 0.717) is 41.7 Å². The van der Waals surface area contributed by atoms with Gasteiger partial charge in [0.25, 0.3) is 11.8 Å². The highest BCUT2D eigenvalue weighted by molar-refractivity contribution is 6.29. The van der Waals surface area contributed by atoms with Crippen molar-refractivity contribution in [3.63, 3.8) is 0 Å². The minimum Gasteiger partial charge on any atom is -0.352 e. The van der Waals surface area contributed by atoms with Gasteiger partial charge in [-0.2, -0.15) is 0 Å². The molecule has 1 rings (SSSR count). The minimum absolute atomic E-state index is 0.184. The Labute approximate surface area is 173 Å². The summed E-state index contributed by atoms with van der Waals surface area (Å²) >= 11 is 5.65. The van der Waals surface area contributed by atoms with Crippen LogP contribution in [0, 0.1) is 11.8 Å². The van der Waals surface area contributed by atoms with E-state index in [-0.39, 0.29) is 23.6 Å². The van der Waals surface area contributed by atoms with Crippen molar-refractivity contribution in [1.29, 1.82) is 0 Å². The number of hydrogen-bond acceptors (Lipinski definition) is 3. The van der Waals surface area contributed by atoms with Gasteiger partial charge >= 0.3 is 0 Å². The average Bonchev–Trinajstić information content (AvgIpc) is 2.73. The normalized spacial score (nSPS) is 12.8. The lowest BCUT2D eigenvalue weighted by molar-refractivity contribution is -0.116. The molecule has 0 aromatic heterocycles. The van der Waals surface area contributed by atoms with E-state index in [1.54, 1.807) is 25.2 Å². The summed E-state index contributed by atoms with van der Waals surface area (Å²) in [6.45, 7) is 9.32. The molecular weight excluding hydrogens is 378 g/mol. The summed E-state index contributed by atoms with van der Waals surface area (Å²) in [5, 5.41) is 5.77. The van der Waals surface area contributed by atoms with Crippen LogP contribution in [0.4, 0.5) is 5.69 Å². The van der Waals surface area contributed by atoms with E-state index < -0.39 is 0 Å². The Morgan fingerprint density at radius 2 is 1.36 bits per heavy atom. The van der Waals surface area contributed by atoms with E-state index >= 15 is 0 Å². The maximum Gasteiger partial charge on any atom is 0.251 e. The van der Waals surface area contributed by atoms with Crippen LogP contribution in [0.3, 0.4) is 0 Å². The van der Waals surface area contributed by atoms with E-state index in [2.05, 4.69) is 38.3 Å². The van der Waals surface area contributed by atoms with Crippen LogP contribution in [0.15, 0.2) is 18.2 Å². The average molecular weight is 410 g/mol. The molecule has 0 aliphatic rings. The van der Waals surface area contributed by atoms with Gasteiger partial charge in [0.2, 0.25) is 5.91 Å². The third kappa shape index (κ3) is 7.15. The van der Waals surface area contributed by atoms with Crippen molar-refractivity contribution in [2.75, 3.05) is 30.9 Å². The SMILES string of the molecule is CCC(C)CNC(=O)c1cc(C(=O)NCC(C)CC)cc(N(C)C(=O)CCl)c1. The van der Waals surface area contributed by atoms with Gasteiger partial charge in [-0.05, 0) is 30.0 Å². The summed E-state index contributed by atoms with van der Waals surface area (Å²) in [5.41, 5.74) is 1.13. The molecule has 1 aromatic carbocycles.